The molecule has 0 aromatic heterocycles. The fraction of sp³-hybridized carbons (Fsp3) is 0.533. The van der Waals surface area contributed by atoms with Gasteiger partial charge >= 0.3 is 6.61 Å². The van der Waals surface area contributed by atoms with Gasteiger partial charge in [-0.2, -0.15) is 8.78 Å². The highest BCUT2D eigenvalue weighted by atomic mass is 79.9. The number of para-hydroxylation sites is 1. The van der Waals surface area contributed by atoms with E-state index in [1.165, 1.54) is 12.1 Å². The number of alkyl halides is 3. The van der Waals surface area contributed by atoms with Crippen molar-refractivity contribution in [2.45, 2.75) is 32.8 Å². The smallest absolute Gasteiger partial charge is 0.387 e. The van der Waals surface area contributed by atoms with E-state index in [9.17, 15) is 13.6 Å². The third-order valence-electron chi connectivity index (χ3n) is 3.11. The number of amides is 1. The summed E-state index contributed by atoms with van der Waals surface area (Å²) >= 11 is 3.39. The van der Waals surface area contributed by atoms with Crippen LogP contribution in [-0.2, 0) is 0 Å². The summed E-state index contributed by atoms with van der Waals surface area (Å²) in [6.07, 6.45) is 3.02. The monoisotopic (exact) mass is 363 g/mol. The number of rotatable bonds is 9. The van der Waals surface area contributed by atoms with Gasteiger partial charge in [-0.1, -0.05) is 41.4 Å². The Hall–Kier alpha value is -1.17. The molecule has 118 valence electrons. The number of ether oxygens (including phenoxy) is 1. The first-order chi connectivity index (χ1) is 10.1. The molecule has 0 heterocycles. The lowest BCUT2D eigenvalue weighted by molar-refractivity contribution is -0.0501. The molecular formula is C15H20BrF2NO2. The van der Waals surface area contributed by atoms with Gasteiger partial charge in [-0.3, -0.25) is 4.79 Å². The van der Waals surface area contributed by atoms with E-state index in [1.54, 1.807) is 12.1 Å². The molecule has 3 nitrogen and oxygen atoms in total. The SMILES string of the molecule is CCCC(CCBr)CNC(=O)c1ccccc1OC(F)F. The molecule has 1 unspecified atom stereocenters. The van der Waals surface area contributed by atoms with Crippen LogP contribution in [0.3, 0.4) is 0 Å². The quantitative estimate of drug-likeness (QED) is 0.667. The van der Waals surface area contributed by atoms with E-state index in [0.29, 0.717) is 12.5 Å². The number of nitrogens with one attached hydrogen (secondary N) is 1. The van der Waals surface area contributed by atoms with E-state index >= 15 is 0 Å². The van der Waals surface area contributed by atoms with Gasteiger partial charge < -0.3 is 10.1 Å². The van der Waals surface area contributed by atoms with Gasteiger partial charge in [0, 0.05) is 11.9 Å². The molecule has 0 bridgehead atoms. The van der Waals surface area contributed by atoms with Crippen LogP contribution in [0.25, 0.3) is 0 Å². The summed E-state index contributed by atoms with van der Waals surface area (Å²) in [7, 11) is 0. The van der Waals surface area contributed by atoms with Crippen molar-refractivity contribution in [3.8, 4) is 5.75 Å². The van der Waals surface area contributed by atoms with Gasteiger partial charge in [0.15, 0.2) is 0 Å². The first kappa shape index (κ1) is 17.9. The Kier molecular flexibility index (Phi) is 8.27. The maximum atomic E-state index is 12.3. The lowest BCUT2D eigenvalue weighted by Gasteiger charge is -2.16. The van der Waals surface area contributed by atoms with Crippen molar-refractivity contribution in [1.29, 1.82) is 0 Å². The van der Waals surface area contributed by atoms with E-state index < -0.39 is 6.61 Å². The minimum absolute atomic E-state index is 0.0995. The van der Waals surface area contributed by atoms with E-state index in [0.717, 1.165) is 24.6 Å². The zero-order valence-electron chi connectivity index (χ0n) is 12.0. The van der Waals surface area contributed by atoms with E-state index in [2.05, 4.69) is 32.9 Å². The molecule has 1 aromatic carbocycles. The minimum atomic E-state index is -2.94. The highest BCUT2D eigenvalue weighted by molar-refractivity contribution is 9.09. The van der Waals surface area contributed by atoms with Gasteiger partial charge in [-0.05, 0) is 30.9 Å². The maximum Gasteiger partial charge on any atom is 0.387 e. The largest absolute Gasteiger partial charge is 0.434 e. The molecule has 1 atom stereocenters. The number of halogens is 3. The molecule has 1 rings (SSSR count). The van der Waals surface area contributed by atoms with Crippen LogP contribution in [0.1, 0.15) is 36.5 Å². The van der Waals surface area contributed by atoms with Crippen molar-refractivity contribution in [2.75, 3.05) is 11.9 Å². The fourth-order valence-electron chi connectivity index (χ4n) is 2.10. The first-order valence-corrected chi connectivity index (χ1v) is 8.08. The fourth-order valence-corrected chi connectivity index (χ4v) is 2.74. The van der Waals surface area contributed by atoms with Gasteiger partial charge in [0.2, 0.25) is 0 Å². The molecule has 0 aliphatic heterocycles. The molecule has 0 radical (unpaired) electrons. The lowest BCUT2D eigenvalue weighted by Crippen LogP contribution is -2.30. The second kappa shape index (κ2) is 9.71. The summed E-state index contributed by atoms with van der Waals surface area (Å²) < 4.78 is 29.0. The van der Waals surface area contributed by atoms with Gasteiger partial charge in [0.25, 0.3) is 5.91 Å². The van der Waals surface area contributed by atoms with Crippen molar-refractivity contribution in [2.24, 2.45) is 5.92 Å². The zero-order valence-corrected chi connectivity index (χ0v) is 13.5. The number of carbonyl (C=O) groups is 1. The molecule has 21 heavy (non-hydrogen) atoms. The van der Waals surface area contributed by atoms with Crippen molar-refractivity contribution in [3.05, 3.63) is 29.8 Å². The predicted molar refractivity (Wildman–Crippen MR) is 82.2 cm³/mol. The summed E-state index contributed by atoms with van der Waals surface area (Å²) in [5.74, 6) is -0.110. The predicted octanol–water partition coefficient (Wildman–Crippen LogP) is 4.22. The van der Waals surface area contributed by atoms with Crippen LogP contribution in [0, 0.1) is 5.92 Å². The second-order valence-electron chi connectivity index (χ2n) is 4.72. The van der Waals surface area contributed by atoms with Gasteiger partial charge in [0.05, 0.1) is 5.56 Å². The normalized spacial score (nSPS) is 12.2. The molecule has 0 aliphatic carbocycles. The molecule has 1 N–H and O–H groups in total. The van der Waals surface area contributed by atoms with Crippen LogP contribution < -0.4 is 10.1 Å². The van der Waals surface area contributed by atoms with Crippen LogP contribution in [-0.4, -0.2) is 24.4 Å². The molecule has 6 heteroatoms. The number of carbonyl (C=O) groups excluding carboxylic acids is 1. The Morgan fingerprint density at radius 2 is 2.05 bits per heavy atom. The summed E-state index contributed by atoms with van der Waals surface area (Å²) in [6, 6.07) is 6.02. The Morgan fingerprint density at radius 1 is 1.33 bits per heavy atom. The Morgan fingerprint density at radius 3 is 2.67 bits per heavy atom. The van der Waals surface area contributed by atoms with E-state index in [1.807, 2.05) is 0 Å². The minimum Gasteiger partial charge on any atom is -0.434 e. The summed E-state index contributed by atoms with van der Waals surface area (Å²) in [4.78, 5) is 12.1. The van der Waals surface area contributed by atoms with Crippen LogP contribution in [0.4, 0.5) is 8.78 Å². The molecule has 0 fully saturated rings. The van der Waals surface area contributed by atoms with Crippen molar-refractivity contribution >= 4 is 21.8 Å². The Bertz CT molecular complexity index is 437. The first-order valence-electron chi connectivity index (χ1n) is 6.96. The van der Waals surface area contributed by atoms with Crippen LogP contribution in [0.5, 0.6) is 5.75 Å². The molecule has 0 spiro atoms. The molecule has 0 saturated heterocycles. The Labute approximate surface area is 132 Å². The van der Waals surface area contributed by atoms with Crippen molar-refractivity contribution < 1.29 is 18.3 Å². The topological polar surface area (TPSA) is 38.3 Å². The van der Waals surface area contributed by atoms with E-state index in [4.69, 9.17) is 0 Å². The van der Waals surface area contributed by atoms with Gasteiger partial charge in [-0.25, -0.2) is 0 Å². The maximum absolute atomic E-state index is 12.3. The number of hydrogen-bond donors (Lipinski definition) is 1. The summed E-state index contributed by atoms with van der Waals surface area (Å²) in [6.45, 7) is -0.323. The highest BCUT2D eigenvalue weighted by Gasteiger charge is 2.16. The van der Waals surface area contributed by atoms with Crippen molar-refractivity contribution in [3.63, 3.8) is 0 Å². The summed E-state index contributed by atoms with van der Waals surface area (Å²) in [5.41, 5.74) is 0.131. The second-order valence-corrected chi connectivity index (χ2v) is 5.51. The van der Waals surface area contributed by atoms with E-state index in [-0.39, 0.29) is 17.2 Å². The molecule has 0 aliphatic rings. The summed E-state index contributed by atoms with van der Waals surface area (Å²) in [5, 5.41) is 3.67. The van der Waals surface area contributed by atoms with Crippen LogP contribution >= 0.6 is 15.9 Å². The molecule has 0 saturated carbocycles. The molecular weight excluding hydrogens is 344 g/mol. The average molecular weight is 364 g/mol. The lowest BCUT2D eigenvalue weighted by atomic mass is 10.0. The zero-order chi connectivity index (χ0) is 15.7. The van der Waals surface area contributed by atoms with Crippen LogP contribution in [0.15, 0.2) is 24.3 Å². The standard InChI is InChI=1S/C15H20BrF2NO2/c1-2-5-11(8-9-16)10-19-14(20)12-6-3-4-7-13(12)21-15(17)18/h3-4,6-7,11,15H,2,5,8-10H2,1H3,(H,19,20). The van der Waals surface area contributed by atoms with Gasteiger partial charge in [-0.15, -0.1) is 0 Å². The van der Waals surface area contributed by atoms with Crippen molar-refractivity contribution in [1.82, 2.24) is 5.32 Å². The third kappa shape index (κ3) is 6.42. The third-order valence-corrected chi connectivity index (χ3v) is 3.57. The Balaban J connectivity index is 2.66. The van der Waals surface area contributed by atoms with Crippen LogP contribution in [0.2, 0.25) is 0 Å². The van der Waals surface area contributed by atoms with Gasteiger partial charge in [0.1, 0.15) is 5.75 Å². The number of hydrogen-bond acceptors (Lipinski definition) is 2. The molecule has 1 amide bonds. The number of benzene rings is 1. The highest BCUT2D eigenvalue weighted by Crippen LogP contribution is 2.20. The average Bonchev–Trinajstić information content (AvgIpc) is 2.45. The molecule has 1 aromatic rings.